The Kier molecular flexibility index (Phi) is 3.52. The average molecular weight is 267 g/mol. The summed E-state index contributed by atoms with van der Waals surface area (Å²) in [5.41, 5.74) is -1.81. The van der Waals surface area contributed by atoms with Gasteiger partial charge >= 0.3 is 17.0 Å². The molecule has 0 aliphatic heterocycles. The van der Waals surface area contributed by atoms with E-state index >= 15 is 0 Å². The van der Waals surface area contributed by atoms with E-state index in [9.17, 15) is 14.4 Å². The van der Waals surface area contributed by atoms with Crippen LogP contribution in [0, 0.1) is 0 Å². The molecule has 10 nitrogen and oxygen atoms in total. The van der Waals surface area contributed by atoms with Crippen LogP contribution in [0.2, 0.25) is 0 Å². The van der Waals surface area contributed by atoms with Gasteiger partial charge in [-0.15, -0.1) is 10.5 Å². The molecular weight excluding hydrogens is 258 g/mol. The van der Waals surface area contributed by atoms with Gasteiger partial charge in [-0.25, -0.2) is 19.5 Å². The fraction of sp³-hybridized carbons (Fsp3) is 0. The van der Waals surface area contributed by atoms with Crippen molar-refractivity contribution < 1.29 is 14.1 Å². The van der Waals surface area contributed by atoms with Crippen LogP contribution in [0.3, 0.4) is 0 Å². The first kappa shape index (κ1) is 12.3. The second-order valence-electron chi connectivity index (χ2n) is 3.22. The molecule has 0 spiro atoms. The van der Waals surface area contributed by atoms with Crippen molar-refractivity contribution in [3.05, 3.63) is 56.6 Å². The third-order valence-electron chi connectivity index (χ3n) is 1.98. The van der Waals surface area contributed by atoms with Gasteiger partial charge in [0.15, 0.2) is 0 Å². The molecule has 1 heterocycles. The quantitative estimate of drug-likeness (QED) is 0.521. The molecule has 0 fully saturated rings. The van der Waals surface area contributed by atoms with Crippen molar-refractivity contribution in [3.63, 3.8) is 0 Å². The Morgan fingerprint density at radius 2 is 1.47 bits per heavy atom. The third-order valence-corrected chi connectivity index (χ3v) is 1.98. The van der Waals surface area contributed by atoms with Gasteiger partial charge < -0.3 is 0 Å². The SMILES string of the molecule is O=C(c1ccccc1)n1o[nH][nH]c(=O)c(=O)[nH][nH]o1. The summed E-state index contributed by atoms with van der Waals surface area (Å²) in [5.74, 6) is -0.675. The summed E-state index contributed by atoms with van der Waals surface area (Å²) < 4.78 is 9.25. The van der Waals surface area contributed by atoms with Crippen LogP contribution < -0.4 is 11.1 Å². The summed E-state index contributed by atoms with van der Waals surface area (Å²) in [6.45, 7) is 0. The lowest BCUT2D eigenvalue weighted by atomic mass is 10.2. The van der Waals surface area contributed by atoms with Crippen molar-refractivity contribution in [2.24, 2.45) is 0 Å². The lowest BCUT2D eigenvalue weighted by molar-refractivity contribution is -0.00828. The normalized spacial score (nSPS) is 9.68. The van der Waals surface area contributed by atoms with Crippen LogP contribution in [0.4, 0.5) is 0 Å². The number of nitrogens with zero attached hydrogens (tertiary/aromatic N) is 1. The molecule has 2 rings (SSSR count). The summed E-state index contributed by atoms with van der Waals surface area (Å²) in [5, 5.41) is 7.52. The van der Waals surface area contributed by atoms with E-state index in [1.54, 1.807) is 18.2 Å². The monoisotopic (exact) mass is 267 g/mol. The van der Waals surface area contributed by atoms with E-state index in [0.29, 0.717) is 4.91 Å². The Morgan fingerprint density at radius 3 is 2.00 bits per heavy atom. The Labute approximate surface area is 103 Å². The predicted octanol–water partition coefficient (Wildman–Crippen LogP) is -0.356. The smallest absolute Gasteiger partial charge is 0.262 e. The highest BCUT2D eigenvalue weighted by Crippen LogP contribution is 2.00. The number of benzene rings is 1. The van der Waals surface area contributed by atoms with Crippen molar-refractivity contribution >= 4 is 5.91 Å². The maximum absolute atomic E-state index is 11.9. The first-order valence-electron chi connectivity index (χ1n) is 5.02. The molecule has 0 saturated carbocycles. The van der Waals surface area contributed by atoms with Crippen LogP contribution in [0.1, 0.15) is 10.4 Å². The standard InChI is InChI=1S/C9H9N5O5/c15-7-8(16)11-13-19-14(18-12-10-7)9(17)6-4-2-1-3-5-6/h1-5,12-13H,(H,10,15)(H,11,16). The maximum Gasteiger partial charge on any atom is 0.331 e. The van der Waals surface area contributed by atoms with Gasteiger partial charge in [-0.1, -0.05) is 18.2 Å². The van der Waals surface area contributed by atoms with E-state index in [-0.39, 0.29) is 5.56 Å². The van der Waals surface area contributed by atoms with Crippen LogP contribution in [-0.2, 0) is 0 Å². The van der Waals surface area contributed by atoms with Crippen molar-refractivity contribution in [1.82, 2.24) is 25.7 Å². The lowest BCUT2D eigenvalue weighted by Gasteiger charge is -1.97. The van der Waals surface area contributed by atoms with Crippen LogP contribution in [0.5, 0.6) is 0 Å². The molecule has 0 bridgehead atoms. The Hall–Kier alpha value is -3.17. The fourth-order valence-electron chi connectivity index (χ4n) is 1.12. The summed E-state index contributed by atoms with van der Waals surface area (Å²) in [4.78, 5) is 34.3. The van der Waals surface area contributed by atoms with Crippen LogP contribution in [0.25, 0.3) is 0 Å². The highest BCUT2D eigenvalue weighted by Gasteiger charge is 2.09. The number of carbonyl (C=O) groups excluding carboxylic acids is 1. The van der Waals surface area contributed by atoms with E-state index in [1.807, 2.05) is 20.7 Å². The van der Waals surface area contributed by atoms with Crippen molar-refractivity contribution in [2.45, 2.75) is 0 Å². The first-order chi connectivity index (χ1) is 9.18. The molecule has 1 aromatic carbocycles. The van der Waals surface area contributed by atoms with Gasteiger partial charge in [-0.3, -0.25) is 14.4 Å². The highest BCUT2D eigenvalue weighted by atomic mass is 16.8. The number of aromatic nitrogens is 5. The van der Waals surface area contributed by atoms with Gasteiger partial charge in [0.1, 0.15) is 0 Å². The molecule has 4 N–H and O–H groups in total. The molecule has 0 atom stereocenters. The van der Waals surface area contributed by atoms with Gasteiger partial charge in [0.25, 0.3) is 0 Å². The molecule has 0 radical (unpaired) electrons. The van der Waals surface area contributed by atoms with Crippen LogP contribution in [-0.4, -0.2) is 31.6 Å². The summed E-state index contributed by atoms with van der Waals surface area (Å²) in [7, 11) is 0. The Bertz CT molecular complexity index is 707. The Balaban J connectivity index is 2.53. The highest BCUT2D eigenvalue weighted by molar-refractivity contribution is 5.93. The zero-order valence-corrected chi connectivity index (χ0v) is 9.38. The van der Waals surface area contributed by atoms with E-state index in [1.165, 1.54) is 12.1 Å². The van der Waals surface area contributed by atoms with Gasteiger partial charge in [0, 0.05) is 5.56 Å². The topological polar surface area (TPSA) is 146 Å². The molecule has 100 valence electrons. The Morgan fingerprint density at radius 1 is 0.947 bits per heavy atom. The zero-order valence-electron chi connectivity index (χ0n) is 9.38. The maximum atomic E-state index is 11.9. The minimum atomic E-state index is -1.04. The van der Waals surface area contributed by atoms with E-state index in [4.69, 9.17) is 0 Å². The van der Waals surface area contributed by atoms with E-state index < -0.39 is 17.0 Å². The summed E-state index contributed by atoms with van der Waals surface area (Å²) >= 11 is 0. The lowest BCUT2D eigenvalue weighted by Crippen LogP contribution is -2.27. The zero-order chi connectivity index (χ0) is 13.7. The number of aromatic amines is 4. The number of rotatable bonds is 1. The fourth-order valence-corrected chi connectivity index (χ4v) is 1.12. The molecule has 0 aliphatic carbocycles. The summed E-state index contributed by atoms with van der Waals surface area (Å²) in [6, 6.07) is 8.08. The summed E-state index contributed by atoms with van der Waals surface area (Å²) in [6.07, 6.45) is 0. The molecular formula is C9H9N5O5. The number of hydrogen-bond acceptors (Lipinski definition) is 5. The van der Waals surface area contributed by atoms with Crippen molar-refractivity contribution in [1.29, 1.82) is 0 Å². The van der Waals surface area contributed by atoms with E-state index in [2.05, 4.69) is 9.26 Å². The second-order valence-corrected chi connectivity index (χ2v) is 3.22. The van der Waals surface area contributed by atoms with Crippen molar-refractivity contribution in [2.75, 3.05) is 0 Å². The molecule has 0 aliphatic rings. The average Bonchev–Trinajstić information content (AvgIpc) is 2.52. The van der Waals surface area contributed by atoms with Gasteiger partial charge in [-0.05, 0) is 12.1 Å². The number of hydrogen-bond donors (Lipinski definition) is 4. The van der Waals surface area contributed by atoms with Crippen molar-refractivity contribution in [3.8, 4) is 0 Å². The molecule has 10 heteroatoms. The molecule has 0 saturated heterocycles. The van der Waals surface area contributed by atoms with Gasteiger partial charge in [0.05, 0.1) is 4.91 Å². The number of nitrogens with one attached hydrogen (secondary N) is 4. The second kappa shape index (κ2) is 5.44. The molecule has 19 heavy (non-hydrogen) atoms. The third kappa shape index (κ3) is 2.94. The largest absolute Gasteiger partial charge is 0.331 e. The molecule has 2 aromatic rings. The van der Waals surface area contributed by atoms with Crippen LogP contribution >= 0.6 is 0 Å². The number of carbonyl (C=O) groups is 1. The predicted molar refractivity (Wildman–Crippen MR) is 60.3 cm³/mol. The van der Waals surface area contributed by atoms with Crippen LogP contribution in [0.15, 0.2) is 49.2 Å². The number of H-pyrrole nitrogens is 4. The molecule has 1 aromatic heterocycles. The molecule has 0 unspecified atom stereocenters. The van der Waals surface area contributed by atoms with E-state index in [0.717, 1.165) is 0 Å². The first-order valence-corrected chi connectivity index (χ1v) is 5.02. The minimum absolute atomic E-state index is 0.267. The minimum Gasteiger partial charge on any atom is -0.262 e. The van der Waals surface area contributed by atoms with Gasteiger partial charge in [0.2, 0.25) is 0 Å². The van der Waals surface area contributed by atoms with Gasteiger partial charge in [-0.2, -0.15) is 0 Å². The molecule has 0 amide bonds.